The number of nitro groups is 1. The number of aliphatic hydroxyl groups is 2. The van der Waals surface area contributed by atoms with Crippen LogP contribution < -0.4 is 16.5 Å². The smallest absolute Gasteiger partial charge is 0.390 e. The van der Waals surface area contributed by atoms with E-state index in [2.05, 4.69) is 15.1 Å². The lowest BCUT2D eigenvalue weighted by Gasteiger charge is -2.22. The predicted octanol–water partition coefficient (Wildman–Crippen LogP) is 0.218. The van der Waals surface area contributed by atoms with Gasteiger partial charge in [0.1, 0.15) is 42.6 Å². The second kappa shape index (κ2) is 11.5. The van der Waals surface area contributed by atoms with E-state index in [0.29, 0.717) is 0 Å². The maximum Gasteiger partial charge on any atom is 0.434 e. The van der Waals surface area contributed by atoms with Crippen molar-refractivity contribution >= 4 is 19.5 Å². The normalized spacial score (nSPS) is 22.8. The molecule has 0 bridgehead atoms. The number of nitrogens with two attached hydrogens (primary N) is 1. The summed E-state index contributed by atoms with van der Waals surface area (Å²) in [6.07, 6.45) is -3.06. The number of aliphatic hydroxyl groups excluding tert-OH is 2. The van der Waals surface area contributed by atoms with Gasteiger partial charge in [0.05, 0.1) is 13.7 Å². The monoisotopic (exact) mass is 551 g/mol. The van der Waals surface area contributed by atoms with Gasteiger partial charge in [0, 0.05) is 12.7 Å². The number of aromatic nitrogens is 4. The minimum atomic E-state index is -4.12. The van der Waals surface area contributed by atoms with Crippen LogP contribution in [-0.4, -0.2) is 59.2 Å². The zero-order chi connectivity index (χ0) is 27.4. The van der Waals surface area contributed by atoms with E-state index in [1.165, 1.54) is 30.1 Å². The van der Waals surface area contributed by atoms with Crippen LogP contribution in [0.1, 0.15) is 17.5 Å². The van der Waals surface area contributed by atoms with Crippen molar-refractivity contribution in [1.82, 2.24) is 24.2 Å². The molecule has 0 amide bonds. The highest BCUT2D eigenvalue weighted by Crippen LogP contribution is 2.46. The van der Waals surface area contributed by atoms with Crippen molar-refractivity contribution in [1.29, 1.82) is 0 Å². The first-order valence-electron chi connectivity index (χ1n) is 11.3. The molecule has 1 saturated heterocycles. The number of imidazole rings is 1. The predicted molar refractivity (Wildman–Crippen MR) is 130 cm³/mol. The summed E-state index contributed by atoms with van der Waals surface area (Å²) in [6, 6.07) is 10.3. The first kappa shape index (κ1) is 27.5. The number of rotatable bonds is 11. The summed E-state index contributed by atoms with van der Waals surface area (Å²) in [5, 5.41) is 34.7. The molecule has 1 aliphatic heterocycles. The topological polar surface area (TPSA) is 219 Å². The van der Waals surface area contributed by atoms with E-state index < -0.39 is 55.5 Å². The van der Waals surface area contributed by atoms with Crippen LogP contribution >= 0.6 is 7.75 Å². The molecule has 5 atom stereocenters. The lowest BCUT2D eigenvalue weighted by atomic mass is 10.1. The van der Waals surface area contributed by atoms with Gasteiger partial charge in [-0.2, -0.15) is 4.98 Å². The summed E-state index contributed by atoms with van der Waals surface area (Å²) < 4.78 is 32.4. The Hall–Kier alpha value is -3.50. The van der Waals surface area contributed by atoms with Crippen molar-refractivity contribution in [3.05, 3.63) is 80.6 Å². The van der Waals surface area contributed by atoms with Crippen LogP contribution in [0, 0.1) is 10.1 Å². The van der Waals surface area contributed by atoms with Gasteiger partial charge >= 0.3 is 19.4 Å². The molecule has 0 saturated carbocycles. The number of anilines is 1. The van der Waals surface area contributed by atoms with Crippen molar-refractivity contribution in [2.45, 2.75) is 37.7 Å². The second-order valence-electron chi connectivity index (χ2n) is 8.34. The molecule has 1 fully saturated rings. The lowest BCUT2D eigenvalue weighted by molar-refractivity contribution is -0.396. The van der Waals surface area contributed by atoms with Gasteiger partial charge in [0.15, 0.2) is 6.23 Å². The Morgan fingerprint density at radius 3 is 2.63 bits per heavy atom. The number of nitrogens with one attached hydrogen (secondary N) is 1. The highest BCUT2D eigenvalue weighted by molar-refractivity contribution is 7.51. The molecule has 3 unspecified atom stereocenters. The Kier molecular flexibility index (Phi) is 8.32. The second-order valence-corrected chi connectivity index (χ2v) is 10.2. The van der Waals surface area contributed by atoms with Crippen LogP contribution in [0.2, 0.25) is 0 Å². The third-order valence-corrected chi connectivity index (χ3v) is 7.30. The van der Waals surface area contributed by atoms with Crippen LogP contribution in [0.4, 0.5) is 11.8 Å². The summed E-state index contributed by atoms with van der Waals surface area (Å²) in [5.74, 6) is -0.452. The first-order chi connectivity index (χ1) is 18.1. The van der Waals surface area contributed by atoms with E-state index in [1.807, 2.05) is 6.07 Å². The molecular formula is C21H26N7O9P. The van der Waals surface area contributed by atoms with Crippen molar-refractivity contribution in [3.8, 4) is 0 Å². The van der Waals surface area contributed by atoms with E-state index in [0.717, 1.165) is 10.1 Å². The van der Waals surface area contributed by atoms with Gasteiger partial charge in [-0.3, -0.25) is 13.6 Å². The molecule has 3 aromatic rings. The summed E-state index contributed by atoms with van der Waals surface area (Å²) >= 11 is 0. The standard InChI is InChI=1S/C21H26N7O9P/c1-26-14(10-23-20(26)28(32)33)11-35-38(34,24-9-13-5-3-2-4-6-13)36-12-15-17(29)18(30)19(37-15)27-8-7-16(22)25-21(27)31/h2-8,10,15,17-19,29-30H,9,11-12H2,1H3,(H,24,34)(H2,22,25,31)/t15-,17?,18?,19-,38?/m1/s1. The third-order valence-electron chi connectivity index (χ3n) is 5.80. The number of hydrogen-bond donors (Lipinski definition) is 4. The third kappa shape index (κ3) is 6.14. The Morgan fingerprint density at radius 2 is 1.97 bits per heavy atom. The van der Waals surface area contributed by atoms with Gasteiger partial charge in [-0.25, -0.2) is 19.0 Å². The van der Waals surface area contributed by atoms with Crippen LogP contribution in [0.25, 0.3) is 0 Å². The SMILES string of the molecule is Cn1c(COP(=O)(NCc2ccccc2)OC[C@H]2O[C@@H](n3ccc(N)nc3=O)C(O)C2O)cnc1[N+](=O)[O-]. The molecule has 2 aromatic heterocycles. The molecule has 0 aliphatic carbocycles. The van der Waals surface area contributed by atoms with Crippen molar-refractivity contribution in [3.63, 3.8) is 0 Å². The maximum atomic E-state index is 13.6. The van der Waals surface area contributed by atoms with Crippen molar-refractivity contribution in [2.24, 2.45) is 7.05 Å². The Bertz CT molecular complexity index is 1380. The Morgan fingerprint density at radius 1 is 1.24 bits per heavy atom. The molecule has 38 heavy (non-hydrogen) atoms. The average molecular weight is 551 g/mol. The summed E-state index contributed by atoms with van der Waals surface area (Å²) in [7, 11) is -2.71. The van der Waals surface area contributed by atoms with Crippen molar-refractivity contribution in [2.75, 3.05) is 12.3 Å². The highest BCUT2D eigenvalue weighted by atomic mass is 31.2. The zero-order valence-corrected chi connectivity index (χ0v) is 21.0. The molecular weight excluding hydrogens is 525 g/mol. The zero-order valence-electron chi connectivity index (χ0n) is 20.1. The van der Waals surface area contributed by atoms with Gasteiger partial charge < -0.3 is 30.8 Å². The Balaban J connectivity index is 1.47. The molecule has 17 heteroatoms. The molecule has 5 N–H and O–H groups in total. The molecule has 0 spiro atoms. The van der Waals surface area contributed by atoms with E-state index in [9.17, 15) is 29.7 Å². The number of hydrogen-bond acceptors (Lipinski definition) is 12. The van der Waals surface area contributed by atoms with Crippen LogP contribution in [-0.2, 0) is 38.5 Å². The molecule has 0 radical (unpaired) electrons. The molecule has 4 rings (SSSR count). The fraction of sp³-hybridized carbons (Fsp3) is 0.381. The molecule has 1 aliphatic rings. The average Bonchev–Trinajstić information content (AvgIpc) is 3.40. The van der Waals surface area contributed by atoms with Crippen LogP contribution in [0.5, 0.6) is 0 Å². The number of nitrogen functional groups attached to an aromatic ring is 1. The van der Waals surface area contributed by atoms with Crippen molar-refractivity contribution < 1.29 is 33.5 Å². The van der Waals surface area contributed by atoms with E-state index in [1.54, 1.807) is 24.3 Å². The van der Waals surface area contributed by atoms with E-state index in [4.69, 9.17) is 19.5 Å². The van der Waals surface area contributed by atoms with Gasteiger partial charge in [-0.15, -0.1) is 0 Å². The van der Waals surface area contributed by atoms with Crippen LogP contribution in [0.3, 0.4) is 0 Å². The maximum absolute atomic E-state index is 13.6. The first-order valence-corrected chi connectivity index (χ1v) is 12.8. The molecule has 204 valence electrons. The largest absolute Gasteiger partial charge is 0.434 e. The lowest BCUT2D eigenvalue weighted by Crippen LogP contribution is -2.36. The molecule has 16 nitrogen and oxygen atoms in total. The van der Waals surface area contributed by atoms with Gasteiger partial charge in [-0.1, -0.05) is 35.3 Å². The quantitative estimate of drug-likeness (QED) is 0.142. The number of nitrogens with zero attached hydrogens (tertiary/aromatic N) is 5. The van der Waals surface area contributed by atoms with Gasteiger partial charge in [0.25, 0.3) is 0 Å². The highest BCUT2D eigenvalue weighted by Gasteiger charge is 2.45. The fourth-order valence-electron chi connectivity index (χ4n) is 3.69. The van der Waals surface area contributed by atoms with Crippen LogP contribution in [0.15, 0.2) is 53.6 Å². The van der Waals surface area contributed by atoms with E-state index in [-0.39, 0.29) is 24.7 Å². The number of ether oxygens (including phenoxy) is 1. The summed E-state index contributed by atoms with van der Waals surface area (Å²) in [5.41, 5.74) is 5.71. The Labute approximate surface area is 215 Å². The van der Waals surface area contributed by atoms with Gasteiger partial charge in [0.2, 0.25) is 0 Å². The van der Waals surface area contributed by atoms with Gasteiger partial charge in [-0.05, 0) is 16.6 Å². The minimum absolute atomic E-state index is 0.0273. The number of benzene rings is 1. The van der Waals surface area contributed by atoms with E-state index >= 15 is 0 Å². The summed E-state index contributed by atoms with van der Waals surface area (Å²) in [4.78, 5) is 29.8. The summed E-state index contributed by atoms with van der Waals surface area (Å²) in [6.45, 7) is -0.784. The minimum Gasteiger partial charge on any atom is -0.390 e. The molecule has 1 aromatic carbocycles. The fourth-order valence-corrected chi connectivity index (χ4v) is 4.97. The molecule has 3 heterocycles.